The molecule has 1 fully saturated rings. The molecule has 0 spiro atoms. The van der Waals surface area contributed by atoms with Crippen molar-refractivity contribution in [2.45, 2.75) is 59.2 Å². The minimum Gasteiger partial charge on any atom is -0.381 e. The molecule has 1 aromatic carbocycles. The number of benzene rings is 1. The average molecular weight is 464 g/mol. The molecule has 9 nitrogen and oxygen atoms in total. The number of amides is 3. The van der Waals surface area contributed by atoms with Crippen molar-refractivity contribution in [2.75, 3.05) is 18.4 Å². The fourth-order valence-electron chi connectivity index (χ4n) is 4.44. The number of fused-ring (bicyclic) bond motifs is 1. The Hall–Kier alpha value is -3.62. The first-order valence-corrected chi connectivity index (χ1v) is 11.9. The second-order valence-electron chi connectivity index (χ2n) is 8.94. The van der Waals surface area contributed by atoms with Gasteiger partial charge in [-0.25, -0.2) is 14.5 Å². The third-order valence-corrected chi connectivity index (χ3v) is 6.62. The van der Waals surface area contributed by atoms with Crippen molar-refractivity contribution in [3.8, 4) is 0 Å². The minimum atomic E-state index is -0.386. The summed E-state index contributed by atoms with van der Waals surface area (Å²) in [4.78, 5) is 31.1. The van der Waals surface area contributed by atoms with E-state index in [9.17, 15) is 9.59 Å². The number of primary amides is 1. The van der Waals surface area contributed by atoms with Gasteiger partial charge in [-0.1, -0.05) is 18.2 Å². The number of urea groups is 1. The summed E-state index contributed by atoms with van der Waals surface area (Å²) in [6, 6.07) is 5.91. The molecule has 1 unspecified atom stereocenters. The lowest BCUT2D eigenvalue weighted by Crippen LogP contribution is -2.36. The molecule has 1 aliphatic heterocycles. The zero-order valence-corrected chi connectivity index (χ0v) is 20.1. The Morgan fingerprint density at radius 3 is 2.71 bits per heavy atom. The largest absolute Gasteiger partial charge is 0.381 e. The van der Waals surface area contributed by atoms with Gasteiger partial charge in [0, 0.05) is 38.4 Å². The summed E-state index contributed by atoms with van der Waals surface area (Å²) in [5, 5.41) is 11.9. The smallest absolute Gasteiger partial charge is 0.314 e. The molecule has 2 aromatic heterocycles. The highest BCUT2D eigenvalue weighted by atomic mass is 16.2. The standard InChI is InChI=1S/C25H33N7O2/c1-4-32-23-20(15-29-32)22(30-19-6-5-10-31(11-9-19)25(26)34)21(14-27-23)24(33)28-13-18-8-7-16(2)17(3)12-18/h7-8,12,14-15,19H,4-6,9-11,13H2,1-3H3,(H2,26,34)(H,27,30)(H,28,33). The Balaban J connectivity index is 1.59. The van der Waals surface area contributed by atoms with Gasteiger partial charge in [-0.3, -0.25) is 4.79 Å². The second-order valence-corrected chi connectivity index (χ2v) is 8.94. The number of pyridine rings is 1. The lowest BCUT2D eigenvalue weighted by Gasteiger charge is -2.21. The number of rotatable bonds is 6. The number of carbonyl (C=O) groups excluding carboxylic acids is 2. The monoisotopic (exact) mass is 463 g/mol. The summed E-state index contributed by atoms with van der Waals surface area (Å²) < 4.78 is 1.82. The molecule has 0 aliphatic carbocycles. The normalized spacial score (nSPS) is 16.3. The number of anilines is 1. The first kappa shape index (κ1) is 23.5. The quantitative estimate of drug-likeness (QED) is 0.518. The molecule has 1 atom stereocenters. The Morgan fingerprint density at radius 2 is 1.97 bits per heavy atom. The minimum absolute atomic E-state index is 0.103. The maximum atomic E-state index is 13.3. The van der Waals surface area contributed by atoms with Crippen molar-refractivity contribution in [2.24, 2.45) is 5.73 Å². The summed E-state index contributed by atoms with van der Waals surface area (Å²) in [7, 11) is 0. The zero-order chi connectivity index (χ0) is 24.2. The van der Waals surface area contributed by atoms with Gasteiger partial charge in [-0.15, -0.1) is 0 Å². The molecular weight excluding hydrogens is 430 g/mol. The van der Waals surface area contributed by atoms with E-state index in [4.69, 9.17) is 5.73 Å². The lowest BCUT2D eigenvalue weighted by atomic mass is 10.1. The van der Waals surface area contributed by atoms with Gasteiger partial charge in [0.1, 0.15) is 0 Å². The number of nitrogens with two attached hydrogens (primary N) is 1. The summed E-state index contributed by atoms with van der Waals surface area (Å²) in [5.41, 5.74) is 10.9. The van der Waals surface area contributed by atoms with Gasteiger partial charge in [0.25, 0.3) is 5.91 Å². The van der Waals surface area contributed by atoms with Crippen LogP contribution in [0.3, 0.4) is 0 Å². The summed E-state index contributed by atoms with van der Waals surface area (Å²) in [6.45, 7) is 8.50. The van der Waals surface area contributed by atoms with Gasteiger partial charge in [0.05, 0.1) is 22.8 Å². The number of carbonyl (C=O) groups is 2. The van der Waals surface area contributed by atoms with E-state index < -0.39 is 0 Å². The summed E-state index contributed by atoms with van der Waals surface area (Å²) in [5.74, 6) is -0.188. The lowest BCUT2D eigenvalue weighted by molar-refractivity contribution is 0.0951. The van der Waals surface area contributed by atoms with Crippen LogP contribution in [0.15, 0.2) is 30.6 Å². The van der Waals surface area contributed by atoms with Crippen molar-refractivity contribution in [3.05, 3.63) is 52.8 Å². The topological polar surface area (TPSA) is 118 Å². The maximum Gasteiger partial charge on any atom is 0.314 e. The van der Waals surface area contributed by atoms with Crippen LogP contribution in [0.1, 0.15) is 53.2 Å². The van der Waals surface area contributed by atoms with Crippen LogP contribution in [0, 0.1) is 13.8 Å². The fraction of sp³-hybridized carbons (Fsp3) is 0.440. The van der Waals surface area contributed by atoms with Crippen LogP contribution in [0.5, 0.6) is 0 Å². The molecule has 0 saturated carbocycles. The van der Waals surface area contributed by atoms with Gasteiger partial charge in [-0.2, -0.15) is 5.10 Å². The molecule has 34 heavy (non-hydrogen) atoms. The molecule has 1 aliphatic rings. The Kier molecular flexibility index (Phi) is 7.00. The number of likely N-dealkylation sites (tertiary alicyclic amines) is 1. The third kappa shape index (κ3) is 4.98. The summed E-state index contributed by atoms with van der Waals surface area (Å²) in [6.07, 6.45) is 5.86. The molecule has 4 rings (SSSR count). The van der Waals surface area contributed by atoms with Crippen molar-refractivity contribution in [3.63, 3.8) is 0 Å². The van der Waals surface area contributed by atoms with Crippen LogP contribution in [0.2, 0.25) is 0 Å². The van der Waals surface area contributed by atoms with E-state index >= 15 is 0 Å². The van der Waals surface area contributed by atoms with Gasteiger partial charge < -0.3 is 21.3 Å². The van der Waals surface area contributed by atoms with Crippen LogP contribution in [0.4, 0.5) is 10.5 Å². The van der Waals surface area contributed by atoms with E-state index in [-0.39, 0.29) is 18.0 Å². The Morgan fingerprint density at radius 1 is 1.15 bits per heavy atom. The van der Waals surface area contributed by atoms with Crippen LogP contribution in [0.25, 0.3) is 11.0 Å². The number of hydrogen-bond acceptors (Lipinski definition) is 5. The van der Waals surface area contributed by atoms with Gasteiger partial charge in [0.2, 0.25) is 0 Å². The Bertz CT molecular complexity index is 1200. The highest BCUT2D eigenvalue weighted by Crippen LogP contribution is 2.28. The van der Waals surface area contributed by atoms with Crippen LogP contribution in [-0.4, -0.2) is 50.7 Å². The van der Waals surface area contributed by atoms with Crippen LogP contribution in [-0.2, 0) is 13.1 Å². The average Bonchev–Trinajstić information content (AvgIpc) is 3.10. The molecule has 3 amide bonds. The highest BCUT2D eigenvalue weighted by Gasteiger charge is 2.23. The van der Waals surface area contributed by atoms with E-state index in [1.165, 1.54) is 11.1 Å². The highest BCUT2D eigenvalue weighted by molar-refractivity contribution is 6.06. The zero-order valence-electron chi connectivity index (χ0n) is 20.1. The molecule has 0 radical (unpaired) electrons. The van der Waals surface area contributed by atoms with E-state index in [0.29, 0.717) is 31.7 Å². The predicted molar refractivity (Wildman–Crippen MR) is 133 cm³/mol. The van der Waals surface area contributed by atoms with E-state index in [1.54, 1.807) is 17.3 Å². The molecule has 1 saturated heterocycles. The first-order valence-electron chi connectivity index (χ1n) is 11.9. The van der Waals surface area contributed by atoms with Gasteiger partial charge in [0.15, 0.2) is 5.65 Å². The second kappa shape index (κ2) is 10.1. The Labute approximate surface area is 199 Å². The van der Waals surface area contributed by atoms with Crippen LogP contribution >= 0.6 is 0 Å². The third-order valence-electron chi connectivity index (χ3n) is 6.62. The van der Waals surface area contributed by atoms with Gasteiger partial charge >= 0.3 is 6.03 Å². The van der Waals surface area contributed by atoms with E-state index in [1.807, 2.05) is 17.7 Å². The molecular formula is C25H33N7O2. The molecule has 9 heteroatoms. The number of nitrogens with one attached hydrogen (secondary N) is 2. The first-order chi connectivity index (χ1) is 16.4. The maximum absolute atomic E-state index is 13.3. The molecule has 4 N–H and O–H groups in total. The molecule has 0 bridgehead atoms. The van der Waals surface area contributed by atoms with Gasteiger partial charge in [-0.05, 0) is 56.7 Å². The number of aromatic nitrogens is 3. The SMILES string of the molecule is CCn1ncc2c(NC3CCCN(C(N)=O)CC3)c(C(=O)NCc3ccc(C)c(C)c3)cnc21. The van der Waals surface area contributed by atoms with Crippen molar-refractivity contribution in [1.29, 1.82) is 0 Å². The summed E-state index contributed by atoms with van der Waals surface area (Å²) >= 11 is 0. The molecule has 3 heterocycles. The van der Waals surface area contributed by atoms with Crippen molar-refractivity contribution >= 4 is 28.7 Å². The van der Waals surface area contributed by atoms with Crippen molar-refractivity contribution in [1.82, 2.24) is 25.0 Å². The van der Waals surface area contributed by atoms with E-state index in [0.717, 1.165) is 41.5 Å². The number of hydrogen-bond donors (Lipinski definition) is 3. The molecule has 180 valence electrons. The predicted octanol–water partition coefficient (Wildman–Crippen LogP) is 3.34. The number of nitrogens with zero attached hydrogens (tertiary/aromatic N) is 4. The number of aryl methyl sites for hydroxylation is 3. The fourth-order valence-corrected chi connectivity index (χ4v) is 4.44. The van der Waals surface area contributed by atoms with E-state index in [2.05, 4.69) is 46.7 Å². The van der Waals surface area contributed by atoms with Crippen molar-refractivity contribution < 1.29 is 9.59 Å². The molecule has 3 aromatic rings. The van der Waals surface area contributed by atoms with Crippen LogP contribution < -0.4 is 16.4 Å².